The van der Waals surface area contributed by atoms with Gasteiger partial charge >= 0.3 is 0 Å². The number of hydrogen-bond donors (Lipinski definition) is 1. The maximum Gasteiger partial charge on any atom is 0.255 e. The molecule has 0 atom stereocenters. The molecule has 2 aromatic heterocycles. The first-order valence-corrected chi connectivity index (χ1v) is 9.78. The van der Waals surface area contributed by atoms with Crippen molar-refractivity contribution in [3.8, 4) is 17.0 Å². The van der Waals surface area contributed by atoms with E-state index in [4.69, 9.17) is 9.72 Å². The van der Waals surface area contributed by atoms with Crippen molar-refractivity contribution in [1.82, 2.24) is 14.5 Å². The molecular formula is C22H25N5O2. The van der Waals surface area contributed by atoms with E-state index in [0.717, 1.165) is 42.9 Å². The average molecular weight is 391 g/mol. The highest BCUT2D eigenvalue weighted by Crippen LogP contribution is 2.24. The van der Waals surface area contributed by atoms with Crippen molar-refractivity contribution in [3.63, 3.8) is 0 Å². The minimum atomic E-state index is -0.0570. The lowest BCUT2D eigenvalue weighted by Gasteiger charge is -2.34. The highest BCUT2D eigenvalue weighted by Gasteiger charge is 2.22. The summed E-state index contributed by atoms with van der Waals surface area (Å²) >= 11 is 0. The van der Waals surface area contributed by atoms with Crippen LogP contribution in [0, 0.1) is 0 Å². The first kappa shape index (κ1) is 19.0. The first-order valence-electron chi connectivity index (χ1n) is 9.78. The summed E-state index contributed by atoms with van der Waals surface area (Å²) in [5.74, 6) is 1.56. The summed E-state index contributed by atoms with van der Waals surface area (Å²) in [5.41, 5.74) is 2.59. The van der Waals surface area contributed by atoms with E-state index in [0.29, 0.717) is 17.7 Å². The zero-order valence-electron chi connectivity index (χ0n) is 16.7. The molecule has 0 amide bonds. The number of aromatic nitrogens is 3. The Morgan fingerprint density at radius 3 is 2.59 bits per heavy atom. The third-order valence-corrected chi connectivity index (χ3v) is 5.31. The molecule has 4 rings (SSSR count). The molecule has 3 aromatic rings. The van der Waals surface area contributed by atoms with Crippen LogP contribution < -0.4 is 20.5 Å². The van der Waals surface area contributed by atoms with Crippen molar-refractivity contribution in [2.75, 3.05) is 30.4 Å². The van der Waals surface area contributed by atoms with Crippen molar-refractivity contribution >= 4 is 11.6 Å². The van der Waals surface area contributed by atoms with E-state index < -0.39 is 0 Å². The molecule has 0 unspecified atom stereocenters. The minimum absolute atomic E-state index is 0.0570. The smallest absolute Gasteiger partial charge is 0.255 e. The van der Waals surface area contributed by atoms with E-state index in [1.807, 2.05) is 30.3 Å². The van der Waals surface area contributed by atoms with Crippen LogP contribution in [0.1, 0.15) is 12.8 Å². The van der Waals surface area contributed by atoms with Crippen LogP contribution in [-0.4, -0.2) is 40.8 Å². The lowest BCUT2D eigenvalue weighted by molar-refractivity contribution is 0.415. The van der Waals surface area contributed by atoms with E-state index in [1.54, 1.807) is 37.2 Å². The third kappa shape index (κ3) is 4.23. The van der Waals surface area contributed by atoms with Gasteiger partial charge in [0.15, 0.2) is 0 Å². The Kier molecular flexibility index (Phi) is 5.46. The molecule has 0 aliphatic carbocycles. The molecule has 0 spiro atoms. The molecule has 1 aromatic carbocycles. The van der Waals surface area contributed by atoms with Crippen LogP contribution in [0.3, 0.4) is 0 Å². The van der Waals surface area contributed by atoms with E-state index in [1.165, 1.54) is 0 Å². The fraction of sp³-hybridized carbons (Fsp3) is 0.318. The lowest BCUT2D eigenvalue weighted by atomic mass is 10.0. The van der Waals surface area contributed by atoms with Crippen LogP contribution in [0.15, 0.2) is 59.7 Å². The number of nitrogens with one attached hydrogen (secondary N) is 1. The standard InChI is InChI=1S/C22H25N5O2/c1-26-21(28)15-20(16-6-10-23-11-7-16)25-22(26)27-12-8-17(9-13-27)24-18-4-3-5-19(14-18)29-2/h3-7,10-11,14-15,17,24H,8-9,12-13H2,1-2H3. The van der Waals surface area contributed by atoms with Gasteiger partial charge in [-0.05, 0) is 37.1 Å². The van der Waals surface area contributed by atoms with E-state index in [2.05, 4.69) is 21.3 Å². The molecule has 0 saturated carbocycles. The predicted molar refractivity (Wildman–Crippen MR) is 115 cm³/mol. The van der Waals surface area contributed by atoms with Gasteiger partial charge in [-0.2, -0.15) is 0 Å². The normalized spacial score (nSPS) is 14.6. The maximum atomic E-state index is 12.5. The van der Waals surface area contributed by atoms with Gasteiger partial charge in [0, 0.05) is 62.0 Å². The molecular weight excluding hydrogens is 366 g/mol. The molecule has 7 heteroatoms. The molecule has 0 bridgehead atoms. The second kappa shape index (κ2) is 8.34. The van der Waals surface area contributed by atoms with Gasteiger partial charge in [0.05, 0.1) is 12.8 Å². The van der Waals surface area contributed by atoms with Gasteiger partial charge in [-0.1, -0.05) is 6.07 Å². The zero-order valence-corrected chi connectivity index (χ0v) is 16.7. The van der Waals surface area contributed by atoms with Crippen molar-refractivity contribution in [2.24, 2.45) is 7.05 Å². The van der Waals surface area contributed by atoms with Crippen LogP contribution >= 0.6 is 0 Å². The average Bonchev–Trinajstić information content (AvgIpc) is 2.77. The number of anilines is 2. The summed E-state index contributed by atoms with van der Waals surface area (Å²) < 4.78 is 6.92. The van der Waals surface area contributed by atoms with Gasteiger partial charge in [-0.25, -0.2) is 4.98 Å². The van der Waals surface area contributed by atoms with Crippen LogP contribution in [0.4, 0.5) is 11.6 Å². The Morgan fingerprint density at radius 1 is 1.10 bits per heavy atom. The Balaban J connectivity index is 1.48. The topological polar surface area (TPSA) is 72.3 Å². The molecule has 1 aliphatic heterocycles. The molecule has 150 valence electrons. The van der Waals surface area contributed by atoms with Crippen molar-refractivity contribution in [3.05, 3.63) is 65.2 Å². The van der Waals surface area contributed by atoms with Crippen LogP contribution in [0.5, 0.6) is 5.75 Å². The minimum Gasteiger partial charge on any atom is -0.497 e. The number of rotatable bonds is 5. The van der Waals surface area contributed by atoms with Crippen molar-refractivity contribution in [2.45, 2.75) is 18.9 Å². The Hall–Kier alpha value is -3.35. The van der Waals surface area contributed by atoms with Crippen LogP contribution in [0.2, 0.25) is 0 Å². The second-order valence-corrected chi connectivity index (χ2v) is 7.21. The molecule has 1 N–H and O–H groups in total. The molecule has 29 heavy (non-hydrogen) atoms. The number of benzene rings is 1. The summed E-state index contributed by atoms with van der Waals surface area (Å²) in [6, 6.07) is 13.7. The number of nitrogens with zero attached hydrogens (tertiary/aromatic N) is 4. The van der Waals surface area contributed by atoms with E-state index >= 15 is 0 Å². The second-order valence-electron chi connectivity index (χ2n) is 7.21. The van der Waals surface area contributed by atoms with E-state index in [-0.39, 0.29) is 5.56 Å². The number of hydrogen-bond acceptors (Lipinski definition) is 6. The monoisotopic (exact) mass is 391 g/mol. The van der Waals surface area contributed by atoms with Gasteiger partial charge < -0.3 is 15.0 Å². The quantitative estimate of drug-likeness (QED) is 0.721. The summed E-state index contributed by atoms with van der Waals surface area (Å²) in [6.07, 6.45) is 5.35. The zero-order chi connectivity index (χ0) is 20.2. The summed E-state index contributed by atoms with van der Waals surface area (Å²) in [6.45, 7) is 1.67. The number of methoxy groups -OCH3 is 1. The molecule has 3 heterocycles. The Bertz CT molecular complexity index is 1030. The van der Waals surface area contributed by atoms with Gasteiger partial charge in [0.1, 0.15) is 5.75 Å². The van der Waals surface area contributed by atoms with Gasteiger partial charge in [0.25, 0.3) is 5.56 Å². The summed E-state index contributed by atoms with van der Waals surface area (Å²) in [5, 5.41) is 3.59. The SMILES string of the molecule is COc1cccc(NC2CCN(c3nc(-c4ccncc4)cc(=O)n3C)CC2)c1. The number of piperidine rings is 1. The van der Waals surface area contributed by atoms with Gasteiger partial charge in [-0.3, -0.25) is 14.3 Å². The fourth-order valence-corrected chi connectivity index (χ4v) is 3.65. The molecule has 1 fully saturated rings. The highest BCUT2D eigenvalue weighted by molar-refractivity contribution is 5.59. The lowest BCUT2D eigenvalue weighted by Crippen LogP contribution is -2.42. The third-order valence-electron chi connectivity index (χ3n) is 5.31. The van der Waals surface area contributed by atoms with E-state index in [9.17, 15) is 4.79 Å². The largest absolute Gasteiger partial charge is 0.497 e. The first-order chi connectivity index (χ1) is 14.1. The number of ether oxygens (including phenoxy) is 1. The fourth-order valence-electron chi connectivity index (χ4n) is 3.65. The Morgan fingerprint density at radius 2 is 1.86 bits per heavy atom. The molecule has 1 saturated heterocycles. The van der Waals surface area contributed by atoms with Crippen molar-refractivity contribution in [1.29, 1.82) is 0 Å². The maximum absolute atomic E-state index is 12.5. The van der Waals surface area contributed by atoms with Gasteiger partial charge in [-0.15, -0.1) is 0 Å². The number of pyridine rings is 1. The molecule has 1 aliphatic rings. The van der Waals surface area contributed by atoms with Crippen LogP contribution in [-0.2, 0) is 7.05 Å². The highest BCUT2D eigenvalue weighted by atomic mass is 16.5. The summed E-state index contributed by atoms with van der Waals surface area (Å²) in [7, 11) is 3.45. The molecule has 7 nitrogen and oxygen atoms in total. The van der Waals surface area contributed by atoms with Crippen LogP contribution in [0.25, 0.3) is 11.3 Å². The summed E-state index contributed by atoms with van der Waals surface area (Å²) in [4.78, 5) is 23.5. The van der Waals surface area contributed by atoms with Crippen molar-refractivity contribution < 1.29 is 4.74 Å². The predicted octanol–water partition coefficient (Wildman–Crippen LogP) is 2.93. The Labute approximate surface area is 170 Å². The molecule has 0 radical (unpaired) electrons. The van der Waals surface area contributed by atoms with Gasteiger partial charge in [0.2, 0.25) is 5.95 Å².